The first-order chi connectivity index (χ1) is 11.6. The molecule has 0 atom stereocenters. The summed E-state index contributed by atoms with van der Waals surface area (Å²) in [7, 11) is 0. The molecule has 0 aliphatic heterocycles. The number of ether oxygens (including phenoxy) is 1. The number of nitrogens with two attached hydrogens (primary N) is 1. The molecule has 0 heterocycles. The maximum Gasteiger partial charge on any atom is 0.303 e. The Labute approximate surface area is 143 Å². The highest BCUT2D eigenvalue weighted by Gasteiger charge is 2.03. The van der Waals surface area contributed by atoms with E-state index in [4.69, 9.17) is 15.6 Å². The van der Waals surface area contributed by atoms with Crippen molar-refractivity contribution < 1.29 is 14.6 Å². The fraction of sp³-hybridized carbons (Fsp3) is 0.350. The van der Waals surface area contributed by atoms with Gasteiger partial charge in [-0.2, -0.15) is 0 Å². The second kappa shape index (κ2) is 9.60. The van der Waals surface area contributed by atoms with E-state index in [0.29, 0.717) is 6.61 Å². The molecule has 0 spiro atoms. The van der Waals surface area contributed by atoms with E-state index in [0.717, 1.165) is 49.1 Å². The fourth-order valence-corrected chi connectivity index (χ4v) is 2.56. The molecule has 2 aromatic rings. The number of rotatable bonds is 10. The van der Waals surface area contributed by atoms with Crippen LogP contribution >= 0.6 is 0 Å². The summed E-state index contributed by atoms with van der Waals surface area (Å²) in [6.45, 7) is 0.630. The van der Waals surface area contributed by atoms with Gasteiger partial charge in [0.05, 0.1) is 6.61 Å². The lowest BCUT2D eigenvalue weighted by Gasteiger charge is -2.10. The molecule has 0 aliphatic carbocycles. The highest BCUT2D eigenvalue weighted by molar-refractivity contribution is 5.66. The van der Waals surface area contributed by atoms with E-state index < -0.39 is 5.97 Å². The zero-order valence-electron chi connectivity index (χ0n) is 13.9. The number of anilines is 1. The molecule has 4 heteroatoms. The predicted octanol–water partition coefficient (Wildman–Crippen LogP) is 4.27. The molecule has 4 nitrogen and oxygen atoms in total. The van der Waals surface area contributed by atoms with E-state index in [1.165, 1.54) is 5.56 Å². The molecular formula is C20H25NO3. The van der Waals surface area contributed by atoms with Crippen molar-refractivity contribution >= 4 is 11.7 Å². The van der Waals surface area contributed by atoms with Crippen LogP contribution in [0.1, 0.15) is 43.2 Å². The molecule has 0 saturated heterocycles. The Morgan fingerprint density at radius 1 is 1.00 bits per heavy atom. The average Bonchev–Trinajstić information content (AvgIpc) is 2.57. The van der Waals surface area contributed by atoms with E-state index >= 15 is 0 Å². The van der Waals surface area contributed by atoms with Gasteiger partial charge < -0.3 is 15.6 Å². The summed E-state index contributed by atoms with van der Waals surface area (Å²) in [6.07, 6.45) is 4.63. The maximum absolute atomic E-state index is 10.4. The summed E-state index contributed by atoms with van der Waals surface area (Å²) < 4.78 is 5.72. The number of nitrogen functional groups attached to an aromatic ring is 1. The van der Waals surface area contributed by atoms with Crippen LogP contribution in [0, 0.1) is 0 Å². The lowest BCUT2D eigenvalue weighted by Crippen LogP contribution is -2.01. The van der Waals surface area contributed by atoms with Crippen LogP contribution in [-0.2, 0) is 11.2 Å². The number of carboxylic acid groups (broad SMARTS) is 1. The van der Waals surface area contributed by atoms with Gasteiger partial charge in [0.25, 0.3) is 0 Å². The van der Waals surface area contributed by atoms with Crippen LogP contribution in [0.15, 0.2) is 48.5 Å². The number of hydrogen-bond donors (Lipinski definition) is 2. The molecule has 24 heavy (non-hydrogen) atoms. The Morgan fingerprint density at radius 2 is 1.75 bits per heavy atom. The molecule has 2 rings (SSSR count). The largest absolute Gasteiger partial charge is 0.494 e. The third-order valence-corrected chi connectivity index (χ3v) is 3.91. The normalized spacial score (nSPS) is 10.5. The van der Waals surface area contributed by atoms with Crippen LogP contribution in [-0.4, -0.2) is 17.7 Å². The smallest absolute Gasteiger partial charge is 0.303 e. The van der Waals surface area contributed by atoms with E-state index in [9.17, 15) is 4.79 Å². The van der Waals surface area contributed by atoms with Crippen molar-refractivity contribution in [3.05, 3.63) is 59.7 Å². The van der Waals surface area contributed by atoms with Gasteiger partial charge in [-0.05, 0) is 36.5 Å². The molecule has 0 unspecified atom stereocenters. The molecule has 0 amide bonds. The Morgan fingerprint density at radius 3 is 2.46 bits per heavy atom. The molecule has 0 bridgehead atoms. The van der Waals surface area contributed by atoms with Crippen LogP contribution < -0.4 is 10.5 Å². The quantitative estimate of drug-likeness (QED) is 0.505. The summed E-state index contributed by atoms with van der Waals surface area (Å²) in [5.74, 6) is 0.0622. The average molecular weight is 327 g/mol. The van der Waals surface area contributed by atoms with E-state index in [-0.39, 0.29) is 6.42 Å². The second-order valence-corrected chi connectivity index (χ2v) is 5.93. The number of carboxylic acids is 1. The molecule has 0 aliphatic rings. The van der Waals surface area contributed by atoms with Crippen LogP contribution in [0.2, 0.25) is 0 Å². The Bertz CT molecular complexity index is 641. The van der Waals surface area contributed by atoms with E-state index in [2.05, 4.69) is 12.1 Å². The van der Waals surface area contributed by atoms with Crippen molar-refractivity contribution in [1.29, 1.82) is 0 Å². The van der Waals surface area contributed by atoms with Crippen molar-refractivity contribution in [2.24, 2.45) is 0 Å². The van der Waals surface area contributed by atoms with Gasteiger partial charge in [-0.15, -0.1) is 0 Å². The van der Waals surface area contributed by atoms with Gasteiger partial charge in [-0.25, -0.2) is 0 Å². The lowest BCUT2D eigenvalue weighted by atomic mass is 10.0. The fourth-order valence-electron chi connectivity index (χ4n) is 2.56. The van der Waals surface area contributed by atoms with Gasteiger partial charge in [0.2, 0.25) is 0 Å². The zero-order valence-corrected chi connectivity index (χ0v) is 13.9. The number of carbonyl (C=O) groups is 1. The number of benzene rings is 2. The lowest BCUT2D eigenvalue weighted by molar-refractivity contribution is -0.137. The first kappa shape index (κ1) is 17.9. The van der Waals surface area contributed by atoms with Gasteiger partial charge >= 0.3 is 5.97 Å². The van der Waals surface area contributed by atoms with Gasteiger partial charge in [-0.3, -0.25) is 4.79 Å². The highest BCUT2D eigenvalue weighted by atomic mass is 16.5. The SMILES string of the molecule is Nc1cc(OCCCCCCC(=O)O)ccc1Cc1ccccc1. The molecule has 0 radical (unpaired) electrons. The molecule has 128 valence electrons. The molecule has 0 saturated carbocycles. The molecule has 0 fully saturated rings. The summed E-state index contributed by atoms with van der Waals surface area (Å²) in [5.41, 5.74) is 9.21. The first-order valence-corrected chi connectivity index (χ1v) is 8.42. The summed E-state index contributed by atoms with van der Waals surface area (Å²) in [6, 6.07) is 16.1. The number of hydrogen-bond acceptors (Lipinski definition) is 3. The first-order valence-electron chi connectivity index (χ1n) is 8.42. The van der Waals surface area contributed by atoms with E-state index in [1.54, 1.807) is 0 Å². The highest BCUT2D eigenvalue weighted by Crippen LogP contribution is 2.22. The van der Waals surface area contributed by atoms with Crippen LogP contribution in [0.5, 0.6) is 5.75 Å². The van der Waals surface area contributed by atoms with Crippen LogP contribution in [0.3, 0.4) is 0 Å². The minimum atomic E-state index is -0.725. The van der Waals surface area contributed by atoms with Gasteiger partial charge in [0.15, 0.2) is 0 Å². The molecule has 3 N–H and O–H groups in total. The Kier molecular flexibility index (Phi) is 7.15. The van der Waals surface area contributed by atoms with Crippen molar-refractivity contribution in [1.82, 2.24) is 0 Å². The summed E-state index contributed by atoms with van der Waals surface area (Å²) in [4.78, 5) is 10.4. The zero-order chi connectivity index (χ0) is 17.2. The maximum atomic E-state index is 10.4. The Hall–Kier alpha value is -2.49. The third-order valence-electron chi connectivity index (χ3n) is 3.91. The van der Waals surface area contributed by atoms with E-state index in [1.807, 2.05) is 36.4 Å². The minimum absolute atomic E-state index is 0.250. The molecule has 0 aromatic heterocycles. The van der Waals surface area contributed by atoms with Gasteiger partial charge in [0, 0.05) is 18.2 Å². The predicted molar refractivity (Wildman–Crippen MR) is 96.3 cm³/mol. The van der Waals surface area contributed by atoms with Crippen molar-refractivity contribution in [3.8, 4) is 5.75 Å². The summed E-state index contributed by atoms with van der Waals surface area (Å²) >= 11 is 0. The second-order valence-electron chi connectivity index (χ2n) is 5.93. The standard InChI is InChI=1S/C20H25NO3/c21-19-15-18(24-13-7-2-1-6-10-20(22)23)12-11-17(19)14-16-8-4-3-5-9-16/h3-5,8-9,11-12,15H,1-2,6-7,10,13-14,21H2,(H,22,23). The Balaban J connectivity index is 1.73. The van der Waals surface area contributed by atoms with Crippen LogP contribution in [0.4, 0.5) is 5.69 Å². The third kappa shape index (κ3) is 6.32. The topological polar surface area (TPSA) is 72.5 Å². The summed E-state index contributed by atoms with van der Waals surface area (Å²) in [5, 5.41) is 8.57. The monoisotopic (exact) mass is 327 g/mol. The van der Waals surface area contributed by atoms with Gasteiger partial charge in [0.1, 0.15) is 5.75 Å². The number of unbranched alkanes of at least 4 members (excludes halogenated alkanes) is 3. The number of aliphatic carboxylic acids is 1. The molecular weight excluding hydrogens is 302 g/mol. The van der Waals surface area contributed by atoms with Crippen LogP contribution in [0.25, 0.3) is 0 Å². The van der Waals surface area contributed by atoms with Gasteiger partial charge in [-0.1, -0.05) is 49.2 Å². The van der Waals surface area contributed by atoms with Crippen molar-refractivity contribution in [3.63, 3.8) is 0 Å². The van der Waals surface area contributed by atoms with Crippen molar-refractivity contribution in [2.45, 2.75) is 38.5 Å². The minimum Gasteiger partial charge on any atom is -0.494 e. The molecule has 2 aromatic carbocycles. The van der Waals surface area contributed by atoms with Crippen molar-refractivity contribution in [2.75, 3.05) is 12.3 Å².